The Morgan fingerprint density at radius 1 is 1.05 bits per heavy atom. The summed E-state index contributed by atoms with van der Waals surface area (Å²) in [5, 5.41) is 2.84. The van der Waals surface area contributed by atoms with Gasteiger partial charge in [0.1, 0.15) is 0 Å². The van der Waals surface area contributed by atoms with Crippen molar-refractivity contribution in [3.05, 3.63) is 48.0 Å². The van der Waals surface area contributed by atoms with Crippen LogP contribution in [0.25, 0.3) is 10.8 Å². The molecule has 2 rings (SSSR count). The summed E-state index contributed by atoms with van der Waals surface area (Å²) in [6, 6.07) is 15.0. The second kappa shape index (κ2) is 7.52. The maximum atomic E-state index is 6.05. The molecule has 0 aromatic heterocycles. The fourth-order valence-electron chi connectivity index (χ4n) is 2.10. The normalized spacial score (nSPS) is 12.7. The zero-order valence-electron chi connectivity index (χ0n) is 11.4. The van der Waals surface area contributed by atoms with Gasteiger partial charge in [0.15, 0.2) is 0 Å². The monoisotopic (exact) mass is 276 g/mol. The predicted molar refractivity (Wildman–Crippen MR) is 83.0 cm³/mol. The minimum absolute atomic E-state index is 0.251. The van der Waals surface area contributed by atoms with E-state index in [1.54, 1.807) is 0 Å². The molecule has 19 heavy (non-hydrogen) atoms. The van der Waals surface area contributed by atoms with Crippen LogP contribution >= 0.6 is 11.6 Å². The van der Waals surface area contributed by atoms with Crippen molar-refractivity contribution in [3.63, 3.8) is 0 Å². The zero-order valence-corrected chi connectivity index (χ0v) is 12.2. The van der Waals surface area contributed by atoms with Crippen LogP contribution in [0.1, 0.15) is 25.3 Å². The number of alkyl halides is 1. The second-order valence-corrected chi connectivity index (χ2v) is 5.46. The molecule has 2 heteroatoms. The van der Waals surface area contributed by atoms with Crippen LogP contribution in [0.2, 0.25) is 0 Å². The summed E-state index contributed by atoms with van der Waals surface area (Å²) >= 11 is 6.05. The molecule has 0 radical (unpaired) electrons. The Hall–Kier alpha value is -1.05. The molecule has 0 N–H and O–H groups in total. The largest absolute Gasteiger partial charge is 0.381 e. The molecule has 0 fully saturated rings. The van der Waals surface area contributed by atoms with Crippen molar-refractivity contribution in [1.82, 2.24) is 0 Å². The molecule has 0 saturated heterocycles. The van der Waals surface area contributed by atoms with E-state index in [4.69, 9.17) is 16.3 Å². The minimum atomic E-state index is 0.251. The van der Waals surface area contributed by atoms with Gasteiger partial charge in [-0.15, -0.1) is 11.6 Å². The molecule has 0 saturated carbocycles. The third-order valence-corrected chi connectivity index (χ3v) is 3.89. The van der Waals surface area contributed by atoms with Crippen LogP contribution in [0.4, 0.5) is 0 Å². The van der Waals surface area contributed by atoms with Crippen LogP contribution in [-0.4, -0.2) is 18.6 Å². The first-order valence-electron chi connectivity index (χ1n) is 6.99. The van der Waals surface area contributed by atoms with Crippen LogP contribution in [-0.2, 0) is 11.2 Å². The van der Waals surface area contributed by atoms with Gasteiger partial charge in [0.2, 0.25) is 0 Å². The van der Waals surface area contributed by atoms with Crippen LogP contribution in [0, 0.1) is 0 Å². The number of halogens is 1. The Morgan fingerprint density at radius 2 is 1.84 bits per heavy atom. The molecule has 0 bridgehead atoms. The van der Waals surface area contributed by atoms with Crippen molar-refractivity contribution >= 4 is 22.4 Å². The van der Waals surface area contributed by atoms with Crippen LogP contribution in [0.15, 0.2) is 42.5 Å². The summed E-state index contributed by atoms with van der Waals surface area (Å²) in [5.41, 5.74) is 1.33. The Balaban J connectivity index is 1.78. The molecule has 0 aliphatic carbocycles. The maximum absolute atomic E-state index is 6.05. The van der Waals surface area contributed by atoms with Gasteiger partial charge in [-0.3, -0.25) is 0 Å². The highest BCUT2D eigenvalue weighted by atomic mass is 35.5. The quantitative estimate of drug-likeness (QED) is 0.521. The van der Waals surface area contributed by atoms with E-state index in [2.05, 4.69) is 49.4 Å². The Bertz CT molecular complexity index is 509. The molecule has 1 nitrogen and oxygen atoms in total. The van der Waals surface area contributed by atoms with E-state index in [1.165, 1.54) is 16.3 Å². The molecule has 0 spiro atoms. The average Bonchev–Trinajstić information content (AvgIpc) is 2.46. The molecule has 2 aromatic rings. The number of hydrogen-bond acceptors (Lipinski definition) is 1. The Kier molecular flexibility index (Phi) is 5.68. The minimum Gasteiger partial charge on any atom is -0.381 e. The SMILES string of the molecule is CCC(Cl)CCOCCc1ccc2ccccc2c1. The summed E-state index contributed by atoms with van der Waals surface area (Å²) < 4.78 is 5.64. The molecule has 1 atom stereocenters. The number of benzene rings is 2. The number of hydrogen-bond donors (Lipinski definition) is 0. The van der Waals surface area contributed by atoms with Crippen LogP contribution in [0.3, 0.4) is 0 Å². The first-order chi connectivity index (χ1) is 9.29. The Morgan fingerprint density at radius 3 is 2.63 bits per heavy atom. The molecule has 102 valence electrons. The van der Waals surface area contributed by atoms with Gasteiger partial charge in [0.05, 0.1) is 6.61 Å². The van der Waals surface area contributed by atoms with Crippen LogP contribution in [0.5, 0.6) is 0 Å². The highest BCUT2D eigenvalue weighted by molar-refractivity contribution is 6.20. The third kappa shape index (κ3) is 4.52. The number of fused-ring (bicyclic) bond motifs is 1. The van der Waals surface area contributed by atoms with Gasteiger partial charge in [-0.1, -0.05) is 49.4 Å². The van der Waals surface area contributed by atoms with E-state index in [0.29, 0.717) is 0 Å². The van der Waals surface area contributed by atoms with Gasteiger partial charge in [0, 0.05) is 12.0 Å². The molecular weight excluding hydrogens is 256 g/mol. The molecule has 0 aliphatic rings. The standard InChI is InChI=1S/C17H21ClO/c1-2-17(18)10-12-19-11-9-14-7-8-15-5-3-4-6-16(15)13-14/h3-8,13,17H,2,9-12H2,1H3. The van der Waals surface area contributed by atoms with E-state index in [-0.39, 0.29) is 5.38 Å². The van der Waals surface area contributed by atoms with E-state index >= 15 is 0 Å². The van der Waals surface area contributed by atoms with Gasteiger partial charge >= 0.3 is 0 Å². The Labute approximate surface area is 120 Å². The van der Waals surface area contributed by atoms with Gasteiger partial charge in [-0.05, 0) is 35.6 Å². The third-order valence-electron chi connectivity index (χ3n) is 3.37. The second-order valence-electron chi connectivity index (χ2n) is 4.84. The van der Waals surface area contributed by atoms with Crippen LogP contribution < -0.4 is 0 Å². The summed E-state index contributed by atoms with van der Waals surface area (Å²) in [6.07, 6.45) is 2.91. The van der Waals surface area contributed by atoms with Crippen molar-refractivity contribution in [1.29, 1.82) is 0 Å². The molecule has 2 aromatic carbocycles. The molecule has 0 heterocycles. The lowest BCUT2D eigenvalue weighted by Gasteiger charge is -2.08. The van der Waals surface area contributed by atoms with E-state index in [0.717, 1.165) is 32.5 Å². The smallest absolute Gasteiger partial charge is 0.0506 e. The average molecular weight is 277 g/mol. The fourth-order valence-corrected chi connectivity index (χ4v) is 2.19. The lowest BCUT2D eigenvalue weighted by atomic mass is 10.1. The molecule has 0 aliphatic heterocycles. The maximum Gasteiger partial charge on any atom is 0.0506 e. The molecular formula is C17H21ClO. The fraction of sp³-hybridized carbons (Fsp3) is 0.412. The van der Waals surface area contributed by atoms with E-state index in [1.807, 2.05) is 0 Å². The van der Waals surface area contributed by atoms with Gasteiger partial charge in [0.25, 0.3) is 0 Å². The lowest BCUT2D eigenvalue weighted by Crippen LogP contribution is -2.05. The van der Waals surface area contributed by atoms with Crippen molar-refractivity contribution in [3.8, 4) is 0 Å². The molecule has 1 unspecified atom stereocenters. The van der Waals surface area contributed by atoms with Gasteiger partial charge in [-0.25, -0.2) is 0 Å². The van der Waals surface area contributed by atoms with E-state index in [9.17, 15) is 0 Å². The topological polar surface area (TPSA) is 9.23 Å². The highest BCUT2D eigenvalue weighted by Gasteiger charge is 2.01. The lowest BCUT2D eigenvalue weighted by molar-refractivity contribution is 0.134. The summed E-state index contributed by atoms with van der Waals surface area (Å²) in [5.74, 6) is 0. The predicted octanol–water partition coefficient (Wildman–Crippen LogP) is 4.81. The van der Waals surface area contributed by atoms with Gasteiger partial charge < -0.3 is 4.74 Å². The van der Waals surface area contributed by atoms with Crippen molar-refractivity contribution in [2.24, 2.45) is 0 Å². The van der Waals surface area contributed by atoms with Crippen molar-refractivity contribution < 1.29 is 4.74 Å². The summed E-state index contributed by atoms with van der Waals surface area (Å²) in [4.78, 5) is 0. The van der Waals surface area contributed by atoms with Gasteiger partial charge in [-0.2, -0.15) is 0 Å². The summed E-state index contributed by atoms with van der Waals surface area (Å²) in [6.45, 7) is 3.63. The van der Waals surface area contributed by atoms with Crippen molar-refractivity contribution in [2.75, 3.05) is 13.2 Å². The van der Waals surface area contributed by atoms with Crippen molar-refractivity contribution in [2.45, 2.75) is 31.6 Å². The first-order valence-corrected chi connectivity index (χ1v) is 7.42. The number of rotatable bonds is 7. The zero-order chi connectivity index (χ0) is 13.5. The summed E-state index contributed by atoms with van der Waals surface area (Å²) in [7, 11) is 0. The molecule has 0 amide bonds. The highest BCUT2D eigenvalue weighted by Crippen LogP contribution is 2.16. The number of ether oxygens (including phenoxy) is 1. The van der Waals surface area contributed by atoms with E-state index < -0.39 is 0 Å². The first kappa shape index (κ1) is 14.4.